The number of aromatic nitrogens is 4. The summed E-state index contributed by atoms with van der Waals surface area (Å²) in [6, 6.07) is 11.6. The molecular weight excluding hydrogens is 607 g/mol. The molecular formula is C35H42F3N7O2. The monoisotopic (exact) mass is 649 g/mol. The van der Waals surface area contributed by atoms with Crippen LogP contribution in [-0.2, 0) is 17.5 Å². The van der Waals surface area contributed by atoms with Crippen molar-refractivity contribution in [1.82, 2.24) is 30.8 Å². The predicted molar refractivity (Wildman–Crippen MR) is 172 cm³/mol. The van der Waals surface area contributed by atoms with Crippen LogP contribution in [0.2, 0.25) is 0 Å². The lowest BCUT2D eigenvalue weighted by molar-refractivity contribution is -0.137. The predicted octanol–water partition coefficient (Wildman–Crippen LogP) is 7.20. The standard InChI is InChI=1S/C35H42F3N7O2/c1-6-22(2)23-14-18-34(19-15-23)40-30(26-8-7-9-27(20-26)35(36,37)38)32(47)45(34)28(16-17-33(3,4)5)24-10-12-25(13-11-24)31(46)39-21-29-41-43-44-42-29/h7-13,20,23,28H,2,6,14-19,21H2,1,3-5H3,(H,39,46)(H,41,42,43,44)/t23?,28-,34?/m1/s1. The van der Waals surface area contributed by atoms with Crippen LogP contribution in [0.1, 0.15) is 112 Å². The second-order valence-corrected chi connectivity index (χ2v) is 13.8. The van der Waals surface area contributed by atoms with Crippen LogP contribution in [0.5, 0.6) is 0 Å². The zero-order valence-corrected chi connectivity index (χ0v) is 27.3. The van der Waals surface area contributed by atoms with Gasteiger partial charge < -0.3 is 10.2 Å². The second-order valence-electron chi connectivity index (χ2n) is 13.8. The van der Waals surface area contributed by atoms with Crippen LogP contribution in [0.25, 0.3) is 0 Å². The highest BCUT2D eigenvalue weighted by Crippen LogP contribution is 2.49. The molecule has 1 aliphatic carbocycles. The summed E-state index contributed by atoms with van der Waals surface area (Å²) < 4.78 is 41.2. The molecule has 2 heterocycles. The minimum atomic E-state index is -4.55. The van der Waals surface area contributed by atoms with Crippen LogP contribution in [-0.4, -0.2) is 48.7 Å². The summed E-state index contributed by atoms with van der Waals surface area (Å²) in [7, 11) is 0. The number of nitrogens with one attached hydrogen (secondary N) is 2. The maximum Gasteiger partial charge on any atom is 0.416 e. The quantitative estimate of drug-likeness (QED) is 0.226. The Hall–Kier alpha value is -4.35. The summed E-state index contributed by atoms with van der Waals surface area (Å²) >= 11 is 0. The van der Waals surface area contributed by atoms with Crippen LogP contribution in [0.3, 0.4) is 0 Å². The molecule has 1 atom stereocenters. The van der Waals surface area contributed by atoms with E-state index in [0.717, 1.165) is 49.0 Å². The van der Waals surface area contributed by atoms with E-state index in [1.54, 1.807) is 12.1 Å². The van der Waals surface area contributed by atoms with Crippen LogP contribution in [0, 0.1) is 11.3 Å². The van der Waals surface area contributed by atoms with Crippen molar-refractivity contribution in [2.45, 2.75) is 97.1 Å². The Morgan fingerprint density at radius 2 is 1.83 bits per heavy atom. The summed E-state index contributed by atoms with van der Waals surface area (Å²) in [6.45, 7) is 12.9. The summed E-state index contributed by atoms with van der Waals surface area (Å²) in [5.41, 5.74) is 0.864. The van der Waals surface area contributed by atoms with Crippen LogP contribution in [0.4, 0.5) is 13.2 Å². The third-order valence-corrected chi connectivity index (χ3v) is 9.31. The van der Waals surface area contributed by atoms with Crippen molar-refractivity contribution < 1.29 is 22.8 Å². The molecule has 2 N–H and O–H groups in total. The molecule has 3 aromatic rings. The Morgan fingerprint density at radius 3 is 2.43 bits per heavy atom. The molecule has 5 rings (SSSR count). The smallest absolute Gasteiger partial charge is 0.345 e. The van der Waals surface area contributed by atoms with Crippen molar-refractivity contribution in [3.05, 3.63) is 88.8 Å². The van der Waals surface area contributed by atoms with Crippen molar-refractivity contribution >= 4 is 17.5 Å². The number of amides is 2. The van der Waals surface area contributed by atoms with Gasteiger partial charge in [-0.25, -0.2) is 5.10 Å². The molecule has 1 aromatic heterocycles. The van der Waals surface area contributed by atoms with Gasteiger partial charge in [-0.1, -0.05) is 64.1 Å². The number of halogens is 3. The molecule has 1 aliphatic heterocycles. The number of benzene rings is 2. The summed E-state index contributed by atoms with van der Waals surface area (Å²) in [6.07, 6.45) is 0.410. The van der Waals surface area contributed by atoms with Crippen LogP contribution < -0.4 is 5.32 Å². The number of nitrogens with zero attached hydrogens (tertiary/aromatic N) is 5. The second kappa shape index (κ2) is 13.4. The minimum Gasteiger partial charge on any atom is -0.345 e. The van der Waals surface area contributed by atoms with Gasteiger partial charge in [-0.15, -0.1) is 5.10 Å². The zero-order chi connectivity index (χ0) is 34.0. The maximum atomic E-state index is 14.5. The highest BCUT2D eigenvalue weighted by Gasteiger charge is 2.52. The van der Waals surface area contributed by atoms with Crippen molar-refractivity contribution in [3.63, 3.8) is 0 Å². The fraction of sp³-hybridized carbons (Fsp3) is 0.486. The third kappa shape index (κ3) is 7.63. The molecule has 1 fully saturated rings. The Bertz CT molecular complexity index is 1620. The van der Waals surface area contributed by atoms with Crippen molar-refractivity contribution in [2.24, 2.45) is 16.3 Å². The van der Waals surface area contributed by atoms with E-state index in [2.05, 4.69) is 60.2 Å². The van der Waals surface area contributed by atoms with Crippen LogP contribution in [0.15, 0.2) is 65.7 Å². The number of carbonyl (C=O) groups excluding carboxylic acids is 2. The molecule has 2 aliphatic rings. The molecule has 12 heteroatoms. The normalized spacial score (nSPS) is 20.7. The molecule has 0 unspecified atom stereocenters. The van der Waals surface area contributed by atoms with Gasteiger partial charge in [-0.2, -0.15) is 13.2 Å². The topological polar surface area (TPSA) is 116 Å². The van der Waals surface area contributed by atoms with Crippen molar-refractivity contribution in [2.75, 3.05) is 0 Å². The van der Waals surface area contributed by atoms with E-state index < -0.39 is 23.4 Å². The van der Waals surface area contributed by atoms with Crippen molar-refractivity contribution in [1.29, 1.82) is 0 Å². The molecule has 0 radical (unpaired) electrons. The Kier molecular flexibility index (Phi) is 9.70. The van der Waals surface area contributed by atoms with E-state index in [0.29, 0.717) is 36.6 Å². The fourth-order valence-electron chi connectivity index (χ4n) is 6.60. The number of rotatable bonds is 10. The third-order valence-electron chi connectivity index (χ3n) is 9.31. The molecule has 1 saturated carbocycles. The average Bonchev–Trinajstić information content (AvgIpc) is 3.66. The maximum absolute atomic E-state index is 14.5. The lowest BCUT2D eigenvalue weighted by Crippen LogP contribution is -2.51. The van der Waals surface area contributed by atoms with Gasteiger partial charge >= 0.3 is 6.18 Å². The molecule has 250 valence electrons. The van der Waals surface area contributed by atoms with E-state index in [-0.39, 0.29) is 35.0 Å². The first kappa shape index (κ1) is 34.0. The number of aliphatic imine (C=N–C) groups is 1. The first-order chi connectivity index (χ1) is 22.2. The van der Waals surface area contributed by atoms with Gasteiger partial charge in [0, 0.05) is 11.1 Å². The minimum absolute atomic E-state index is 0.0508. The molecule has 2 amide bonds. The van der Waals surface area contributed by atoms with Gasteiger partial charge in [0.25, 0.3) is 11.8 Å². The SMILES string of the molecule is C=C(CC)C1CCC2(CC1)N=C(c1cccc(C(F)(F)F)c1)C(=O)N2[C@H](CCC(C)(C)C)c1ccc(C(=O)NCc2nnn[nH]2)cc1. The zero-order valence-electron chi connectivity index (χ0n) is 27.3. The molecule has 9 nitrogen and oxygen atoms in total. The first-order valence-electron chi connectivity index (χ1n) is 16.1. The number of tetrazole rings is 1. The number of hydrogen-bond donors (Lipinski definition) is 2. The van der Waals surface area contributed by atoms with E-state index >= 15 is 0 Å². The van der Waals surface area contributed by atoms with E-state index in [4.69, 9.17) is 4.99 Å². The van der Waals surface area contributed by atoms with Crippen molar-refractivity contribution in [3.8, 4) is 0 Å². The lowest BCUT2D eigenvalue weighted by atomic mass is 9.76. The number of hydrogen-bond acceptors (Lipinski definition) is 6. The van der Waals surface area contributed by atoms with Gasteiger partial charge in [0.1, 0.15) is 11.4 Å². The number of allylic oxidation sites excluding steroid dienone is 1. The molecule has 0 saturated heterocycles. The molecule has 0 bridgehead atoms. The number of alkyl halides is 3. The Balaban J connectivity index is 1.52. The Morgan fingerprint density at radius 1 is 1.13 bits per heavy atom. The number of H-pyrrole nitrogens is 1. The van der Waals surface area contributed by atoms with Gasteiger partial charge in [0.05, 0.1) is 18.2 Å². The van der Waals surface area contributed by atoms with Gasteiger partial charge in [-0.3, -0.25) is 14.6 Å². The van der Waals surface area contributed by atoms with E-state index in [1.165, 1.54) is 12.1 Å². The largest absolute Gasteiger partial charge is 0.416 e. The number of carbonyl (C=O) groups is 2. The molecule has 1 spiro atoms. The fourth-order valence-corrected chi connectivity index (χ4v) is 6.60. The molecule has 2 aromatic carbocycles. The summed E-state index contributed by atoms with van der Waals surface area (Å²) in [4.78, 5) is 34.3. The highest BCUT2D eigenvalue weighted by molar-refractivity contribution is 6.46. The molecule has 47 heavy (non-hydrogen) atoms. The number of aromatic amines is 1. The first-order valence-corrected chi connectivity index (χ1v) is 16.1. The van der Waals surface area contributed by atoms with Crippen LogP contribution >= 0.6 is 0 Å². The van der Waals surface area contributed by atoms with E-state index in [1.807, 2.05) is 17.0 Å². The summed E-state index contributed by atoms with van der Waals surface area (Å²) in [5, 5.41) is 16.2. The lowest BCUT2D eigenvalue weighted by Gasteiger charge is -2.46. The van der Waals surface area contributed by atoms with Gasteiger partial charge in [-0.05, 0) is 96.5 Å². The van der Waals surface area contributed by atoms with E-state index in [9.17, 15) is 22.8 Å². The Labute approximate surface area is 273 Å². The van der Waals surface area contributed by atoms with Gasteiger partial charge in [0.15, 0.2) is 5.82 Å². The highest BCUT2D eigenvalue weighted by atomic mass is 19.4. The summed E-state index contributed by atoms with van der Waals surface area (Å²) in [5.74, 6) is 0.0360. The average molecular weight is 650 g/mol. The van der Waals surface area contributed by atoms with Gasteiger partial charge in [0.2, 0.25) is 0 Å².